The first-order chi connectivity index (χ1) is 15.1. The molecule has 0 saturated carbocycles. The number of halogens is 1. The second-order valence-corrected chi connectivity index (χ2v) is 8.48. The van der Waals surface area contributed by atoms with Crippen LogP contribution in [0, 0.1) is 0 Å². The second-order valence-electron chi connectivity index (χ2n) is 8.07. The molecule has 1 aromatic heterocycles. The van der Waals surface area contributed by atoms with Crippen LogP contribution in [0.1, 0.15) is 41.7 Å². The lowest BCUT2D eigenvalue weighted by Gasteiger charge is -2.34. The fourth-order valence-corrected chi connectivity index (χ4v) is 4.30. The van der Waals surface area contributed by atoms with Crippen LogP contribution in [0.3, 0.4) is 0 Å². The summed E-state index contributed by atoms with van der Waals surface area (Å²) in [6, 6.07) is 10.2. The predicted molar refractivity (Wildman–Crippen MR) is 120 cm³/mol. The minimum atomic E-state index is -0.191. The molecule has 2 amide bonds. The predicted octanol–water partition coefficient (Wildman–Crippen LogP) is 3.04. The van der Waals surface area contributed by atoms with Crippen molar-refractivity contribution in [3.8, 4) is 0 Å². The molecular formula is C23H28ClN5O2. The number of aromatic nitrogens is 2. The molecule has 0 aliphatic carbocycles. The zero-order valence-corrected chi connectivity index (χ0v) is 18.4. The first-order valence-electron chi connectivity index (χ1n) is 11.0. The number of carbonyl (C=O) groups excluding carboxylic acids is 2. The summed E-state index contributed by atoms with van der Waals surface area (Å²) in [5.41, 5.74) is 1.50. The Balaban J connectivity index is 1.28. The Morgan fingerprint density at radius 1 is 0.935 bits per heavy atom. The summed E-state index contributed by atoms with van der Waals surface area (Å²) in [5, 5.41) is 0.271. The van der Waals surface area contributed by atoms with Crippen LogP contribution in [-0.4, -0.2) is 70.9 Å². The minimum absolute atomic E-state index is 0.152. The lowest BCUT2D eigenvalue weighted by atomic mass is 10.1. The third-order valence-electron chi connectivity index (χ3n) is 5.94. The van der Waals surface area contributed by atoms with Crippen LogP contribution in [0.4, 0.5) is 5.95 Å². The van der Waals surface area contributed by atoms with Crippen molar-refractivity contribution in [2.45, 2.75) is 32.1 Å². The van der Waals surface area contributed by atoms with Gasteiger partial charge in [-0.25, -0.2) is 9.97 Å². The van der Waals surface area contributed by atoms with Crippen molar-refractivity contribution in [2.24, 2.45) is 0 Å². The van der Waals surface area contributed by atoms with E-state index in [4.69, 9.17) is 11.6 Å². The average molecular weight is 442 g/mol. The van der Waals surface area contributed by atoms with E-state index in [9.17, 15) is 9.59 Å². The Bertz CT molecular complexity index is 909. The molecule has 4 rings (SSSR count). The van der Waals surface area contributed by atoms with E-state index < -0.39 is 0 Å². The van der Waals surface area contributed by atoms with E-state index in [0.717, 1.165) is 38.8 Å². The fraction of sp³-hybridized carbons (Fsp3) is 0.478. The van der Waals surface area contributed by atoms with Crippen molar-refractivity contribution in [3.05, 3.63) is 52.8 Å². The van der Waals surface area contributed by atoms with Crippen LogP contribution < -0.4 is 4.90 Å². The first kappa shape index (κ1) is 21.6. The number of rotatable bonds is 6. The molecule has 2 saturated heterocycles. The second kappa shape index (κ2) is 10.1. The summed E-state index contributed by atoms with van der Waals surface area (Å²) in [7, 11) is 0. The van der Waals surface area contributed by atoms with Gasteiger partial charge >= 0.3 is 0 Å². The minimum Gasteiger partial charge on any atom is -0.341 e. The van der Waals surface area contributed by atoms with Gasteiger partial charge in [-0.1, -0.05) is 41.9 Å². The van der Waals surface area contributed by atoms with Gasteiger partial charge < -0.3 is 14.7 Å². The van der Waals surface area contributed by atoms with Crippen LogP contribution >= 0.6 is 11.6 Å². The molecule has 2 aliphatic heterocycles. The molecule has 0 N–H and O–H groups in total. The number of anilines is 1. The topological polar surface area (TPSA) is 69.6 Å². The molecule has 0 spiro atoms. The van der Waals surface area contributed by atoms with Crippen LogP contribution in [0.2, 0.25) is 5.02 Å². The van der Waals surface area contributed by atoms with E-state index in [1.165, 1.54) is 11.8 Å². The maximum atomic E-state index is 13.0. The number of nitrogens with zero attached hydrogens (tertiary/aromatic N) is 5. The quantitative estimate of drug-likeness (QED) is 0.689. The lowest BCUT2D eigenvalue weighted by Crippen LogP contribution is -2.50. The summed E-state index contributed by atoms with van der Waals surface area (Å²) in [6.07, 6.45) is 5.99. The monoisotopic (exact) mass is 441 g/mol. The molecule has 7 nitrogen and oxygen atoms in total. The summed E-state index contributed by atoms with van der Waals surface area (Å²) in [6.45, 7) is 3.86. The van der Waals surface area contributed by atoms with Gasteiger partial charge in [0.2, 0.25) is 11.9 Å². The maximum absolute atomic E-state index is 13.0. The van der Waals surface area contributed by atoms with Gasteiger partial charge in [0.1, 0.15) is 0 Å². The van der Waals surface area contributed by atoms with E-state index in [-0.39, 0.29) is 22.5 Å². The molecule has 0 bridgehead atoms. The number of benzene rings is 1. The smallest absolute Gasteiger partial charge is 0.274 e. The molecular weight excluding hydrogens is 414 g/mol. The molecule has 2 aliphatic rings. The van der Waals surface area contributed by atoms with E-state index in [0.29, 0.717) is 38.5 Å². The van der Waals surface area contributed by atoms with E-state index in [1.54, 1.807) is 4.90 Å². The van der Waals surface area contributed by atoms with Crippen molar-refractivity contribution >= 4 is 29.4 Å². The zero-order valence-electron chi connectivity index (χ0n) is 17.7. The average Bonchev–Trinajstić information content (AvgIpc) is 3.35. The molecule has 0 radical (unpaired) electrons. The number of amides is 2. The number of hydrogen-bond acceptors (Lipinski definition) is 5. The summed E-state index contributed by atoms with van der Waals surface area (Å²) >= 11 is 6.25. The largest absolute Gasteiger partial charge is 0.341 e. The molecule has 0 atom stereocenters. The molecule has 31 heavy (non-hydrogen) atoms. The van der Waals surface area contributed by atoms with Crippen LogP contribution in [0.15, 0.2) is 36.5 Å². The van der Waals surface area contributed by atoms with Crippen LogP contribution in [0.25, 0.3) is 0 Å². The van der Waals surface area contributed by atoms with Crippen molar-refractivity contribution in [1.29, 1.82) is 0 Å². The van der Waals surface area contributed by atoms with Crippen LogP contribution in [-0.2, 0) is 11.2 Å². The normalized spacial score (nSPS) is 16.6. The number of hydrogen-bond donors (Lipinski definition) is 0. The Morgan fingerprint density at radius 2 is 1.61 bits per heavy atom. The summed E-state index contributed by atoms with van der Waals surface area (Å²) < 4.78 is 0. The van der Waals surface area contributed by atoms with Gasteiger partial charge in [0.05, 0.1) is 11.2 Å². The Morgan fingerprint density at radius 3 is 2.32 bits per heavy atom. The Labute approximate surface area is 188 Å². The number of carbonyl (C=O) groups is 2. The van der Waals surface area contributed by atoms with Gasteiger partial charge in [0, 0.05) is 45.7 Å². The van der Waals surface area contributed by atoms with Gasteiger partial charge in [0.15, 0.2) is 5.69 Å². The molecule has 164 valence electrons. The number of piperazine rings is 1. The lowest BCUT2D eigenvalue weighted by molar-refractivity contribution is -0.132. The molecule has 3 heterocycles. The summed E-state index contributed by atoms with van der Waals surface area (Å²) in [5.74, 6) is 0.529. The highest BCUT2D eigenvalue weighted by atomic mass is 35.5. The highest BCUT2D eigenvalue weighted by molar-refractivity contribution is 6.33. The van der Waals surface area contributed by atoms with Crippen molar-refractivity contribution in [2.75, 3.05) is 44.2 Å². The molecule has 8 heteroatoms. The van der Waals surface area contributed by atoms with E-state index >= 15 is 0 Å². The molecule has 1 aromatic carbocycles. The standard InChI is InChI=1S/C23H28ClN5O2/c24-19-17-25-23(29-11-4-5-12-29)26-21(19)22(31)28-15-13-27(14-16-28)20(30)10-6-9-18-7-2-1-3-8-18/h1-3,7-8,17H,4-6,9-16H2. The van der Waals surface area contributed by atoms with Crippen molar-refractivity contribution < 1.29 is 9.59 Å². The number of aryl methyl sites for hydroxylation is 1. The van der Waals surface area contributed by atoms with Gasteiger partial charge in [-0.15, -0.1) is 0 Å². The third-order valence-corrected chi connectivity index (χ3v) is 6.22. The van der Waals surface area contributed by atoms with Gasteiger partial charge in [-0.2, -0.15) is 0 Å². The van der Waals surface area contributed by atoms with Gasteiger partial charge in [-0.05, 0) is 31.2 Å². The third kappa shape index (κ3) is 5.34. The SMILES string of the molecule is O=C(CCCc1ccccc1)N1CCN(C(=O)c2nc(N3CCCC3)ncc2Cl)CC1. The highest BCUT2D eigenvalue weighted by Crippen LogP contribution is 2.21. The van der Waals surface area contributed by atoms with Crippen molar-refractivity contribution in [1.82, 2.24) is 19.8 Å². The Kier molecular flexibility index (Phi) is 7.02. The molecule has 2 aromatic rings. The van der Waals surface area contributed by atoms with E-state index in [1.807, 2.05) is 23.1 Å². The summed E-state index contributed by atoms with van der Waals surface area (Å²) in [4.78, 5) is 40.0. The maximum Gasteiger partial charge on any atom is 0.274 e. The fourth-order valence-electron chi connectivity index (χ4n) is 4.13. The van der Waals surface area contributed by atoms with E-state index in [2.05, 4.69) is 27.0 Å². The highest BCUT2D eigenvalue weighted by Gasteiger charge is 2.28. The van der Waals surface area contributed by atoms with Gasteiger partial charge in [-0.3, -0.25) is 9.59 Å². The Hall–Kier alpha value is -2.67. The van der Waals surface area contributed by atoms with Crippen molar-refractivity contribution in [3.63, 3.8) is 0 Å². The molecule has 2 fully saturated rings. The van der Waals surface area contributed by atoms with Gasteiger partial charge in [0.25, 0.3) is 5.91 Å². The molecule has 0 unspecified atom stereocenters. The first-order valence-corrected chi connectivity index (χ1v) is 11.4. The van der Waals surface area contributed by atoms with Crippen LogP contribution in [0.5, 0.6) is 0 Å². The zero-order chi connectivity index (χ0) is 21.6.